The van der Waals surface area contributed by atoms with Crippen molar-refractivity contribution in [2.75, 3.05) is 38.2 Å². The second-order valence-electron chi connectivity index (χ2n) is 7.26. The Balaban J connectivity index is 1.55. The number of benzene rings is 1. The fraction of sp³-hybridized carbons (Fsp3) is 0.429. The summed E-state index contributed by atoms with van der Waals surface area (Å²) in [5.41, 5.74) is 0.0126. The van der Waals surface area contributed by atoms with E-state index in [4.69, 9.17) is 16.3 Å². The molecule has 1 saturated heterocycles. The number of halogens is 4. The Kier molecular flexibility index (Phi) is 7.27. The minimum atomic E-state index is -4.49. The number of alkyl halides is 3. The van der Waals surface area contributed by atoms with E-state index in [1.807, 2.05) is 41.0 Å². The van der Waals surface area contributed by atoms with Gasteiger partial charge < -0.3 is 15.0 Å². The molecule has 168 valence electrons. The van der Waals surface area contributed by atoms with Crippen molar-refractivity contribution >= 4 is 23.3 Å². The summed E-state index contributed by atoms with van der Waals surface area (Å²) in [4.78, 5) is 20.4. The number of hydrogen-bond donors (Lipinski definition) is 1. The topological polar surface area (TPSA) is 57.7 Å². The van der Waals surface area contributed by atoms with Crippen molar-refractivity contribution in [2.24, 2.45) is 0 Å². The Labute approximate surface area is 183 Å². The zero-order valence-electron chi connectivity index (χ0n) is 17.2. The van der Waals surface area contributed by atoms with E-state index in [0.717, 1.165) is 17.8 Å². The average molecular weight is 457 g/mol. The second kappa shape index (κ2) is 9.74. The Hall–Kier alpha value is -2.52. The number of piperazine rings is 1. The number of nitrogens with zero attached hydrogens (tertiary/aromatic N) is 3. The first kappa shape index (κ1) is 23.1. The molecule has 10 heteroatoms. The summed E-state index contributed by atoms with van der Waals surface area (Å²) in [7, 11) is 1.58. The normalized spacial score (nSPS) is 16.1. The molecule has 0 unspecified atom stereocenters. The molecule has 2 aromatic rings. The number of aromatic nitrogens is 1. The van der Waals surface area contributed by atoms with Gasteiger partial charge in [0.1, 0.15) is 11.6 Å². The first-order valence-electron chi connectivity index (χ1n) is 9.82. The van der Waals surface area contributed by atoms with Gasteiger partial charge in [0.2, 0.25) is 5.91 Å². The number of amides is 1. The van der Waals surface area contributed by atoms with Crippen molar-refractivity contribution in [3.8, 4) is 5.75 Å². The number of carbonyl (C=O) groups is 1. The summed E-state index contributed by atoms with van der Waals surface area (Å²) in [6, 6.07) is 8.02. The van der Waals surface area contributed by atoms with Crippen LogP contribution in [-0.4, -0.2) is 55.1 Å². The van der Waals surface area contributed by atoms with Crippen molar-refractivity contribution in [3.63, 3.8) is 0 Å². The number of anilines is 1. The molecule has 31 heavy (non-hydrogen) atoms. The number of ether oxygens (including phenoxy) is 1. The van der Waals surface area contributed by atoms with Gasteiger partial charge >= 0.3 is 6.18 Å². The number of rotatable bonds is 6. The van der Waals surface area contributed by atoms with Gasteiger partial charge in [-0.15, -0.1) is 0 Å². The molecule has 1 aromatic carbocycles. The lowest BCUT2D eigenvalue weighted by Gasteiger charge is -2.38. The molecule has 1 atom stereocenters. The third-order valence-electron chi connectivity index (χ3n) is 5.34. The van der Waals surface area contributed by atoms with Crippen LogP contribution in [0.25, 0.3) is 0 Å². The minimum Gasteiger partial charge on any atom is -0.496 e. The lowest BCUT2D eigenvalue weighted by molar-refractivity contribution is -0.137. The second-order valence-corrected chi connectivity index (χ2v) is 7.66. The molecule has 0 bridgehead atoms. The summed E-state index contributed by atoms with van der Waals surface area (Å²) in [6.07, 6.45) is -3.69. The molecule has 2 heterocycles. The number of methoxy groups -OCH3 is 1. The minimum absolute atomic E-state index is 0.0362. The maximum atomic E-state index is 12.8. The standard InChI is InChI=1S/C21H24ClF3N4O2/c1-14(20(30)27-12-15-5-3-4-6-18(15)31-2)28-7-9-29(10-8-28)19-17(22)11-16(13-26-19)21(23,24)25/h3-6,11,13-14H,7-10,12H2,1-2H3,(H,27,30)/t14-/m1/s1. The van der Waals surface area contributed by atoms with Crippen LogP contribution in [0.3, 0.4) is 0 Å². The number of carbonyl (C=O) groups excluding carboxylic acids is 1. The van der Waals surface area contributed by atoms with Crippen molar-refractivity contribution in [1.82, 2.24) is 15.2 Å². The lowest BCUT2D eigenvalue weighted by Crippen LogP contribution is -2.54. The molecule has 1 N–H and O–H groups in total. The summed E-state index contributed by atoms with van der Waals surface area (Å²) in [5.74, 6) is 0.928. The van der Waals surface area contributed by atoms with E-state index < -0.39 is 11.7 Å². The predicted octanol–water partition coefficient (Wildman–Crippen LogP) is 3.59. The average Bonchev–Trinajstić information content (AvgIpc) is 2.76. The fourth-order valence-electron chi connectivity index (χ4n) is 3.48. The molecule has 1 aromatic heterocycles. The van der Waals surface area contributed by atoms with Crippen LogP contribution in [0.15, 0.2) is 36.5 Å². The Bertz CT molecular complexity index is 918. The molecule has 3 rings (SSSR count). The largest absolute Gasteiger partial charge is 0.496 e. The molecule has 1 fully saturated rings. The van der Waals surface area contributed by atoms with E-state index in [2.05, 4.69) is 10.3 Å². The number of pyridine rings is 1. The molecule has 1 amide bonds. The van der Waals surface area contributed by atoms with Gasteiger partial charge in [-0.25, -0.2) is 4.98 Å². The zero-order valence-corrected chi connectivity index (χ0v) is 18.0. The third kappa shape index (κ3) is 5.59. The first-order valence-corrected chi connectivity index (χ1v) is 10.2. The summed E-state index contributed by atoms with van der Waals surface area (Å²) < 4.78 is 43.7. The maximum Gasteiger partial charge on any atom is 0.417 e. The predicted molar refractivity (Wildman–Crippen MR) is 112 cm³/mol. The molecule has 1 aliphatic heterocycles. The van der Waals surface area contributed by atoms with Crippen LogP contribution in [0, 0.1) is 0 Å². The first-order chi connectivity index (χ1) is 14.7. The smallest absolute Gasteiger partial charge is 0.417 e. The van der Waals surface area contributed by atoms with Crippen LogP contribution in [0.2, 0.25) is 5.02 Å². The zero-order chi connectivity index (χ0) is 22.6. The molecule has 0 saturated carbocycles. The molecule has 0 radical (unpaired) electrons. The van der Waals surface area contributed by atoms with Crippen molar-refractivity contribution < 1.29 is 22.7 Å². The van der Waals surface area contributed by atoms with E-state index >= 15 is 0 Å². The molecule has 0 spiro atoms. The Morgan fingerprint density at radius 1 is 1.26 bits per heavy atom. The number of nitrogens with one attached hydrogen (secondary N) is 1. The summed E-state index contributed by atoms with van der Waals surface area (Å²) in [5, 5.41) is 2.89. The summed E-state index contributed by atoms with van der Waals surface area (Å²) >= 11 is 6.05. The van der Waals surface area contributed by atoms with Crippen molar-refractivity contribution in [1.29, 1.82) is 0 Å². The van der Waals surface area contributed by atoms with Crippen LogP contribution in [-0.2, 0) is 17.5 Å². The van der Waals surface area contributed by atoms with Crippen LogP contribution in [0.4, 0.5) is 19.0 Å². The van der Waals surface area contributed by atoms with E-state index in [9.17, 15) is 18.0 Å². The Morgan fingerprint density at radius 3 is 2.55 bits per heavy atom. The third-order valence-corrected chi connectivity index (χ3v) is 5.61. The van der Waals surface area contributed by atoms with Gasteiger partial charge in [0, 0.05) is 44.5 Å². The number of para-hydroxylation sites is 1. The maximum absolute atomic E-state index is 12.8. The van der Waals surface area contributed by atoms with E-state index in [1.165, 1.54) is 0 Å². The van der Waals surface area contributed by atoms with Gasteiger partial charge in [0.25, 0.3) is 0 Å². The van der Waals surface area contributed by atoms with Crippen molar-refractivity contribution in [3.05, 3.63) is 52.7 Å². The number of hydrogen-bond acceptors (Lipinski definition) is 5. The van der Waals surface area contributed by atoms with Crippen LogP contribution < -0.4 is 15.0 Å². The quantitative estimate of drug-likeness (QED) is 0.720. The van der Waals surface area contributed by atoms with Crippen molar-refractivity contribution in [2.45, 2.75) is 25.7 Å². The molecule has 0 aliphatic carbocycles. The molecule has 6 nitrogen and oxygen atoms in total. The fourth-order valence-corrected chi connectivity index (χ4v) is 3.77. The molecular formula is C21H24ClF3N4O2. The highest BCUT2D eigenvalue weighted by Crippen LogP contribution is 2.33. The highest BCUT2D eigenvalue weighted by molar-refractivity contribution is 6.33. The molecular weight excluding hydrogens is 433 g/mol. The molecule has 1 aliphatic rings. The highest BCUT2D eigenvalue weighted by atomic mass is 35.5. The van der Waals surface area contributed by atoms with Crippen LogP contribution in [0.1, 0.15) is 18.1 Å². The van der Waals surface area contributed by atoms with E-state index in [-0.39, 0.29) is 17.0 Å². The van der Waals surface area contributed by atoms with Crippen LogP contribution >= 0.6 is 11.6 Å². The Morgan fingerprint density at radius 2 is 1.94 bits per heavy atom. The SMILES string of the molecule is COc1ccccc1CNC(=O)[C@@H](C)N1CCN(c2ncc(C(F)(F)F)cc2Cl)CC1. The van der Waals surface area contributed by atoms with E-state index in [0.29, 0.717) is 44.3 Å². The van der Waals surface area contributed by atoms with Gasteiger partial charge in [-0.1, -0.05) is 29.8 Å². The lowest BCUT2D eigenvalue weighted by atomic mass is 10.1. The van der Waals surface area contributed by atoms with E-state index in [1.54, 1.807) is 7.11 Å². The summed E-state index contributed by atoms with van der Waals surface area (Å²) in [6.45, 7) is 4.31. The van der Waals surface area contributed by atoms with Gasteiger partial charge in [0.05, 0.1) is 23.7 Å². The van der Waals surface area contributed by atoms with Gasteiger partial charge in [0.15, 0.2) is 0 Å². The highest BCUT2D eigenvalue weighted by Gasteiger charge is 2.33. The van der Waals surface area contributed by atoms with Crippen LogP contribution in [0.5, 0.6) is 5.75 Å². The van der Waals surface area contributed by atoms with Gasteiger partial charge in [-0.2, -0.15) is 13.2 Å². The monoisotopic (exact) mass is 456 g/mol. The van der Waals surface area contributed by atoms with Gasteiger partial charge in [-0.05, 0) is 19.1 Å². The van der Waals surface area contributed by atoms with Gasteiger partial charge in [-0.3, -0.25) is 9.69 Å².